The summed E-state index contributed by atoms with van der Waals surface area (Å²) in [5.74, 6) is -0.0686. The van der Waals surface area contributed by atoms with Crippen molar-refractivity contribution in [2.45, 2.75) is 450 Å². The van der Waals surface area contributed by atoms with Crippen LogP contribution in [0.25, 0.3) is 0 Å². The van der Waals surface area contributed by atoms with Gasteiger partial charge in [-0.25, -0.2) is 0 Å². The van der Waals surface area contributed by atoms with Crippen molar-refractivity contribution in [3.63, 3.8) is 0 Å². The van der Waals surface area contributed by atoms with Gasteiger partial charge in [-0.05, 0) is 44.9 Å². The second-order valence-electron chi connectivity index (χ2n) is 26.4. The second kappa shape index (κ2) is 73.9. The molecule has 2 unspecified atom stereocenters. The van der Waals surface area contributed by atoms with E-state index in [9.17, 15) is 15.0 Å². The normalized spacial score (nSPS) is 12.8. The molecule has 1 amide bonds. The topological polar surface area (TPSA) is 69.6 Å². The summed E-state index contributed by atoms with van der Waals surface area (Å²) in [5, 5.41) is 23.3. The monoisotopic (exact) mass is 1150 g/mol. The summed E-state index contributed by atoms with van der Waals surface area (Å²) < 4.78 is 0. The lowest BCUT2D eigenvalue weighted by atomic mass is 10.0. The molecule has 2 atom stereocenters. The molecule has 3 N–H and O–H groups in total. The zero-order valence-corrected chi connectivity index (χ0v) is 56.3. The quantitative estimate of drug-likeness (QED) is 0.0420. The lowest BCUT2D eigenvalue weighted by Gasteiger charge is -2.19. The summed E-state index contributed by atoms with van der Waals surface area (Å²) >= 11 is 0. The van der Waals surface area contributed by atoms with Crippen molar-refractivity contribution in [3.05, 3.63) is 36.5 Å². The van der Waals surface area contributed by atoms with E-state index in [-0.39, 0.29) is 12.5 Å². The van der Waals surface area contributed by atoms with Crippen LogP contribution in [-0.2, 0) is 4.79 Å². The Kier molecular flexibility index (Phi) is 72.6. The van der Waals surface area contributed by atoms with E-state index in [0.29, 0.717) is 6.42 Å². The number of unbranched alkanes of at least 4 members (excludes halogenated alkanes) is 61. The fourth-order valence-corrected chi connectivity index (χ4v) is 12.3. The molecule has 82 heavy (non-hydrogen) atoms. The van der Waals surface area contributed by atoms with E-state index in [1.165, 1.54) is 379 Å². The maximum absolute atomic E-state index is 12.6. The van der Waals surface area contributed by atoms with Crippen LogP contribution in [0.3, 0.4) is 0 Å². The molecule has 0 aromatic heterocycles. The SMILES string of the molecule is CCCCCCCCCCCCCCCCCCCCCCCCC/C=C/CC/C=C/CC/C=C/C(O)C(CO)NC(=O)CCCCCCCCCCCCCCCCCCCCCCCCCCCCCCCCCCCCCCC. The third-order valence-electron chi connectivity index (χ3n) is 18.1. The van der Waals surface area contributed by atoms with Gasteiger partial charge in [0.2, 0.25) is 5.91 Å². The van der Waals surface area contributed by atoms with E-state index in [1.807, 2.05) is 6.08 Å². The summed E-state index contributed by atoms with van der Waals surface area (Å²) in [5.41, 5.74) is 0. The Morgan fingerprint density at radius 3 is 0.707 bits per heavy atom. The van der Waals surface area contributed by atoms with Gasteiger partial charge in [-0.3, -0.25) is 4.79 Å². The number of carbonyl (C=O) groups excluding carboxylic acids is 1. The number of hydrogen-bond donors (Lipinski definition) is 3. The Morgan fingerprint density at radius 2 is 0.476 bits per heavy atom. The molecule has 0 bridgehead atoms. The molecule has 0 aliphatic rings. The van der Waals surface area contributed by atoms with Crippen LogP contribution in [-0.4, -0.2) is 34.9 Å². The molecule has 0 saturated carbocycles. The third-order valence-corrected chi connectivity index (χ3v) is 18.1. The minimum atomic E-state index is -0.871. The first-order chi connectivity index (χ1) is 40.7. The molecular weight excluding hydrogens is 999 g/mol. The van der Waals surface area contributed by atoms with Crippen molar-refractivity contribution in [2.24, 2.45) is 0 Å². The molecule has 0 radical (unpaired) electrons. The highest BCUT2D eigenvalue weighted by atomic mass is 16.3. The average molecular weight is 1150 g/mol. The highest BCUT2D eigenvalue weighted by Gasteiger charge is 2.18. The van der Waals surface area contributed by atoms with Gasteiger partial charge in [-0.2, -0.15) is 0 Å². The molecule has 4 nitrogen and oxygen atoms in total. The average Bonchev–Trinajstić information content (AvgIpc) is 3.50. The second-order valence-corrected chi connectivity index (χ2v) is 26.4. The molecule has 0 spiro atoms. The van der Waals surface area contributed by atoms with E-state index in [0.717, 1.165) is 38.5 Å². The van der Waals surface area contributed by atoms with Crippen LogP contribution in [0.5, 0.6) is 0 Å². The van der Waals surface area contributed by atoms with Gasteiger partial charge >= 0.3 is 0 Å². The summed E-state index contributed by atoms with van der Waals surface area (Å²) in [7, 11) is 0. The molecule has 0 rings (SSSR count). The van der Waals surface area contributed by atoms with Gasteiger partial charge in [0.15, 0.2) is 0 Å². The number of rotatable bonds is 72. The number of aliphatic hydroxyl groups is 2. The van der Waals surface area contributed by atoms with E-state index in [1.54, 1.807) is 6.08 Å². The van der Waals surface area contributed by atoms with Gasteiger partial charge in [0.1, 0.15) is 0 Å². The number of amides is 1. The molecular formula is C78H151NO3. The summed E-state index contributed by atoms with van der Waals surface area (Å²) in [6.45, 7) is 4.35. The maximum atomic E-state index is 12.6. The Balaban J connectivity index is 3.43. The van der Waals surface area contributed by atoms with Gasteiger partial charge < -0.3 is 15.5 Å². The molecule has 4 heteroatoms. The van der Waals surface area contributed by atoms with Crippen molar-refractivity contribution in [3.8, 4) is 0 Å². The predicted molar refractivity (Wildman–Crippen MR) is 369 cm³/mol. The number of carbonyl (C=O) groups is 1. The number of hydrogen-bond acceptors (Lipinski definition) is 3. The molecule has 0 aliphatic carbocycles. The van der Waals surface area contributed by atoms with Crippen molar-refractivity contribution in [2.75, 3.05) is 6.61 Å². The van der Waals surface area contributed by atoms with Gasteiger partial charge in [0, 0.05) is 6.42 Å². The van der Waals surface area contributed by atoms with E-state index in [2.05, 4.69) is 43.5 Å². The van der Waals surface area contributed by atoms with Gasteiger partial charge in [0.25, 0.3) is 0 Å². The van der Waals surface area contributed by atoms with Crippen LogP contribution in [0.15, 0.2) is 36.5 Å². The molecule has 0 aromatic carbocycles. The number of aliphatic hydroxyl groups excluding tert-OH is 2. The molecule has 0 fully saturated rings. The fraction of sp³-hybridized carbons (Fsp3) is 0.910. The molecule has 0 saturated heterocycles. The summed E-state index contributed by atoms with van der Waals surface area (Å²) in [6.07, 6.45) is 103. The predicted octanol–water partition coefficient (Wildman–Crippen LogP) is 26.3. The molecule has 0 aliphatic heterocycles. The Labute approximate surface area is 516 Å². The highest BCUT2D eigenvalue weighted by Crippen LogP contribution is 2.20. The Morgan fingerprint density at radius 1 is 0.280 bits per heavy atom. The number of allylic oxidation sites excluding steroid dienone is 5. The minimum absolute atomic E-state index is 0.0686. The lowest BCUT2D eigenvalue weighted by molar-refractivity contribution is -0.123. The zero-order valence-electron chi connectivity index (χ0n) is 56.3. The first-order valence-corrected chi connectivity index (χ1v) is 38.2. The van der Waals surface area contributed by atoms with Gasteiger partial charge in [-0.1, -0.05) is 423 Å². The van der Waals surface area contributed by atoms with Crippen LogP contribution < -0.4 is 5.32 Å². The fourth-order valence-electron chi connectivity index (χ4n) is 12.3. The van der Waals surface area contributed by atoms with Crippen molar-refractivity contribution >= 4 is 5.91 Å². The summed E-state index contributed by atoms with van der Waals surface area (Å²) in [6, 6.07) is -0.646. The van der Waals surface area contributed by atoms with Crippen LogP contribution >= 0.6 is 0 Å². The van der Waals surface area contributed by atoms with Crippen molar-refractivity contribution in [1.29, 1.82) is 0 Å². The van der Waals surface area contributed by atoms with Crippen LogP contribution in [0.1, 0.15) is 438 Å². The van der Waals surface area contributed by atoms with E-state index < -0.39 is 12.1 Å². The van der Waals surface area contributed by atoms with Gasteiger partial charge in [0.05, 0.1) is 18.8 Å². The first-order valence-electron chi connectivity index (χ1n) is 38.2. The number of nitrogens with one attached hydrogen (secondary N) is 1. The van der Waals surface area contributed by atoms with Crippen LogP contribution in [0.2, 0.25) is 0 Å². The standard InChI is InChI=1S/C78H151NO3/c1-3-5-7-9-11-13-15-17-19-21-23-25-27-29-31-33-35-37-38-39-40-42-44-46-48-50-52-54-56-58-60-62-64-66-68-70-72-74-78(82)79-76(75-80)77(81)73-71-69-67-65-63-61-59-57-55-53-51-49-47-45-43-41-36-34-32-30-28-26-24-22-20-18-16-14-12-10-8-6-4-2/h55,57,63,65,71,73,76-77,80-81H,3-54,56,58-62,64,66-70,72,74-75H2,1-2H3,(H,79,82)/b57-55+,65-63+,73-71+. The van der Waals surface area contributed by atoms with E-state index in [4.69, 9.17) is 0 Å². The smallest absolute Gasteiger partial charge is 0.220 e. The molecule has 486 valence electrons. The van der Waals surface area contributed by atoms with Crippen molar-refractivity contribution < 1.29 is 15.0 Å². The highest BCUT2D eigenvalue weighted by molar-refractivity contribution is 5.76. The largest absolute Gasteiger partial charge is 0.394 e. The molecule has 0 heterocycles. The maximum Gasteiger partial charge on any atom is 0.220 e. The minimum Gasteiger partial charge on any atom is -0.394 e. The zero-order chi connectivity index (χ0) is 59.1. The van der Waals surface area contributed by atoms with Crippen molar-refractivity contribution in [1.82, 2.24) is 5.32 Å². The van der Waals surface area contributed by atoms with Gasteiger partial charge in [-0.15, -0.1) is 0 Å². The summed E-state index contributed by atoms with van der Waals surface area (Å²) in [4.78, 5) is 12.6. The van der Waals surface area contributed by atoms with E-state index >= 15 is 0 Å². The van der Waals surface area contributed by atoms with Crippen LogP contribution in [0, 0.1) is 0 Å². The van der Waals surface area contributed by atoms with Crippen LogP contribution in [0.4, 0.5) is 0 Å². The third kappa shape index (κ3) is 69.4. The lowest BCUT2D eigenvalue weighted by Crippen LogP contribution is -2.45. The molecule has 0 aromatic rings. The first kappa shape index (κ1) is 80.6. The Bertz CT molecular complexity index is 1260. The Hall–Kier alpha value is -1.39.